The van der Waals surface area contributed by atoms with E-state index in [1.807, 2.05) is 13.8 Å². The second-order valence-electron chi connectivity index (χ2n) is 4.88. The molecule has 0 unspecified atom stereocenters. The lowest BCUT2D eigenvalue weighted by Crippen LogP contribution is -2.30. The number of carbonyl (C=O) groups excluding carboxylic acids is 1. The zero-order valence-corrected chi connectivity index (χ0v) is 12.3. The second-order valence-corrected chi connectivity index (χ2v) is 4.88. The largest absolute Gasteiger partial charge is 0.338 e. The lowest BCUT2D eigenvalue weighted by atomic mass is 9.94. The summed E-state index contributed by atoms with van der Waals surface area (Å²) >= 11 is 0. The van der Waals surface area contributed by atoms with E-state index in [1.54, 1.807) is 0 Å². The van der Waals surface area contributed by atoms with E-state index in [-0.39, 0.29) is 18.3 Å². The van der Waals surface area contributed by atoms with Gasteiger partial charge in [0.2, 0.25) is 11.8 Å². The summed E-state index contributed by atoms with van der Waals surface area (Å²) in [6.45, 7) is 5.97. The standard InChI is InChI=1S/C13H21N3O2.ClH/c1-3-11-9(2)13(18-16-11)15-12(17)8-10-4-6-14-7-5-10;/h10,14H,3-8H2,1-2H3,(H,15,17);1H. The summed E-state index contributed by atoms with van der Waals surface area (Å²) in [5.41, 5.74) is 1.85. The zero-order valence-electron chi connectivity index (χ0n) is 11.5. The molecule has 2 heterocycles. The van der Waals surface area contributed by atoms with Crippen molar-refractivity contribution in [2.45, 2.75) is 39.5 Å². The number of nitrogens with zero attached hydrogens (tertiary/aromatic N) is 1. The smallest absolute Gasteiger partial charge is 0.234 e. The fourth-order valence-corrected chi connectivity index (χ4v) is 2.34. The molecular weight excluding hydrogens is 266 g/mol. The molecule has 0 bridgehead atoms. The molecule has 0 aromatic carbocycles. The van der Waals surface area contributed by atoms with Crippen LogP contribution < -0.4 is 10.6 Å². The molecule has 6 heteroatoms. The van der Waals surface area contributed by atoms with E-state index in [0.717, 1.165) is 43.6 Å². The van der Waals surface area contributed by atoms with Gasteiger partial charge in [0.15, 0.2) is 0 Å². The maximum Gasteiger partial charge on any atom is 0.234 e. The molecule has 0 radical (unpaired) electrons. The SMILES string of the molecule is CCc1noc(NC(=O)CC2CCNCC2)c1C.Cl. The molecule has 0 atom stereocenters. The zero-order chi connectivity index (χ0) is 13.0. The summed E-state index contributed by atoms with van der Waals surface area (Å²) in [5, 5.41) is 10.1. The highest BCUT2D eigenvalue weighted by atomic mass is 35.5. The van der Waals surface area contributed by atoms with Gasteiger partial charge in [-0.2, -0.15) is 0 Å². The van der Waals surface area contributed by atoms with Gasteiger partial charge >= 0.3 is 0 Å². The number of nitrogens with one attached hydrogen (secondary N) is 2. The third-order valence-electron chi connectivity index (χ3n) is 3.54. The molecule has 1 aliphatic rings. The summed E-state index contributed by atoms with van der Waals surface area (Å²) in [6.07, 6.45) is 3.54. The average Bonchev–Trinajstić information content (AvgIpc) is 2.71. The molecule has 108 valence electrons. The molecule has 1 saturated heterocycles. The average molecular weight is 288 g/mol. The first-order valence-electron chi connectivity index (χ1n) is 6.66. The van der Waals surface area contributed by atoms with Gasteiger partial charge in [-0.3, -0.25) is 10.1 Å². The minimum atomic E-state index is 0. The number of carbonyl (C=O) groups is 1. The Morgan fingerprint density at radius 3 is 2.74 bits per heavy atom. The van der Waals surface area contributed by atoms with Crippen LogP contribution in [0.4, 0.5) is 5.88 Å². The molecule has 19 heavy (non-hydrogen) atoms. The van der Waals surface area contributed by atoms with E-state index in [9.17, 15) is 4.79 Å². The van der Waals surface area contributed by atoms with Crippen LogP contribution in [0, 0.1) is 12.8 Å². The van der Waals surface area contributed by atoms with E-state index in [0.29, 0.717) is 18.2 Å². The van der Waals surface area contributed by atoms with Gasteiger partial charge < -0.3 is 9.84 Å². The third kappa shape index (κ3) is 4.21. The summed E-state index contributed by atoms with van der Waals surface area (Å²) in [4.78, 5) is 11.9. The quantitative estimate of drug-likeness (QED) is 0.892. The van der Waals surface area contributed by atoms with Crippen molar-refractivity contribution in [2.24, 2.45) is 5.92 Å². The molecule has 5 nitrogen and oxygen atoms in total. The highest BCUT2D eigenvalue weighted by Gasteiger charge is 2.19. The maximum absolute atomic E-state index is 11.9. The molecule has 1 amide bonds. The molecule has 1 aliphatic heterocycles. The molecule has 0 saturated carbocycles. The maximum atomic E-state index is 11.9. The topological polar surface area (TPSA) is 67.2 Å². The molecule has 1 fully saturated rings. The van der Waals surface area contributed by atoms with Crippen molar-refractivity contribution in [1.82, 2.24) is 10.5 Å². The number of rotatable bonds is 4. The number of hydrogen-bond donors (Lipinski definition) is 2. The number of hydrogen-bond acceptors (Lipinski definition) is 4. The number of aromatic nitrogens is 1. The molecule has 2 rings (SSSR count). The van der Waals surface area contributed by atoms with E-state index < -0.39 is 0 Å². The number of anilines is 1. The molecule has 0 aliphatic carbocycles. The monoisotopic (exact) mass is 287 g/mol. The number of piperidine rings is 1. The Bertz CT molecular complexity index is 414. The van der Waals surface area contributed by atoms with Crippen molar-refractivity contribution in [1.29, 1.82) is 0 Å². The van der Waals surface area contributed by atoms with Crippen LogP contribution in [-0.2, 0) is 11.2 Å². The Morgan fingerprint density at radius 2 is 2.16 bits per heavy atom. The van der Waals surface area contributed by atoms with Crippen LogP contribution in [0.1, 0.15) is 37.4 Å². The van der Waals surface area contributed by atoms with Gasteiger partial charge in [-0.15, -0.1) is 12.4 Å². The van der Waals surface area contributed by atoms with E-state index in [4.69, 9.17) is 4.52 Å². The predicted molar refractivity (Wildman–Crippen MR) is 76.7 cm³/mol. The fraction of sp³-hybridized carbons (Fsp3) is 0.692. The Morgan fingerprint density at radius 1 is 1.47 bits per heavy atom. The normalized spacial score (nSPS) is 15.9. The highest BCUT2D eigenvalue weighted by Crippen LogP contribution is 2.21. The molecule has 1 aromatic rings. The van der Waals surface area contributed by atoms with Crippen molar-refractivity contribution >= 4 is 24.2 Å². The minimum absolute atomic E-state index is 0. The Kier molecular flexibility index (Phi) is 6.31. The third-order valence-corrected chi connectivity index (χ3v) is 3.54. The van der Waals surface area contributed by atoms with Crippen LogP contribution in [0.3, 0.4) is 0 Å². The lowest BCUT2D eigenvalue weighted by molar-refractivity contribution is -0.117. The van der Waals surface area contributed by atoms with Crippen molar-refractivity contribution in [3.63, 3.8) is 0 Å². The number of halogens is 1. The summed E-state index contributed by atoms with van der Waals surface area (Å²) in [5.74, 6) is 1.02. The fourth-order valence-electron chi connectivity index (χ4n) is 2.34. The van der Waals surface area contributed by atoms with Gasteiger partial charge in [-0.1, -0.05) is 12.1 Å². The van der Waals surface area contributed by atoms with Gasteiger partial charge in [0.05, 0.1) is 5.69 Å². The Balaban J connectivity index is 0.00000180. The van der Waals surface area contributed by atoms with E-state index in [1.165, 1.54) is 0 Å². The van der Waals surface area contributed by atoms with Gasteiger partial charge in [0, 0.05) is 12.0 Å². The van der Waals surface area contributed by atoms with Gasteiger partial charge in [0.25, 0.3) is 0 Å². The summed E-state index contributed by atoms with van der Waals surface area (Å²) in [6, 6.07) is 0. The van der Waals surface area contributed by atoms with Gasteiger partial charge in [-0.25, -0.2) is 0 Å². The summed E-state index contributed by atoms with van der Waals surface area (Å²) in [7, 11) is 0. The van der Waals surface area contributed by atoms with Crippen LogP contribution in [0.25, 0.3) is 0 Å². The first-order chi connectivity index (χ1) is 8.70. The van der Waals surface area contributed by atoms with Crippen LogP contribution >= 0.6 is 12.4 Å². The van der Waals surface area contributed by atoms with Gasteiger partial charge in [-0.05, 0) is 45.2 Å². The van der Waals surface area contributed by atoms with Gasteiger partial charge in [0.1, 0.15) is 0 Å². The number of amides is 1. The highest BCUT2D eigenvalue weighted by molar-refractivity contribution is 5.90. The molecule has 1 aromatic heterocycles. The second kappa shape index (κ2) is 7.50. The van der Waals surface area contributed by atoms with Crippen molar-refractivity contribution in [3.05, 3.63) is 11.3 Å². The lowest BCUT2D eigenvalue weighted by Gasteiger charge is -2.21. The molecule has 2 N–H and O–H groups in total. The molecule has 0 spiro atoms. The van der Waals surface area contributed by atoms with Crippen molar-refractivity contribution in [2.75, 3.05) is 18.4 Å². The van der Waals surface area contributed by atoms with Crippen LogP contribution in [0.2, 0.25) is 0 Å². The number of aryl methyl sites for hydroxylation is 1. The van der Waals surface area contributed by atoms with E-state index in [2.05, 4.69) is 15.8 Å². The predicted octanol–water partition coefficient (Wildman–Crippen LogP) is 2.30. The van der Waals surface area contributed by atoms with Crippen LogP contribution in [0.15, 0.2) is 4.52 Å². The molecular formula is C13H22ClN3O2. The summed E-state index contributed by atoms with van der Waals surface area (Å²) < 4.78 is 5.15. The first kappa shape index (κ1) is 16.0. The van der Waals surface area contributed by atoms with E-state index >= 15 is 0 Å². The van der Waals surface area contributed by atoms with Crippen LogP contribution in [0.5, 0.6) is 0 Å². The van der Waals surface area contributed by atoms with Crippen LogP contribution in [-0.4, -0.2) is 24.2 Å². The van der Waals surface area contributed by atoms with Crippen molar-refractivity contribution in [3.8, 4) is 0 Å². The first-order valence-corrected chi connectivity index (χ1v) is 6.66. The van der Waals surface area contributed by atoms with Crippen molar-refractivity contribution < 1.29 is 9.32 Å². The Hall–Kier alpha value is -1.07. The Labute approximate surface area is 119 Å². The minimum Gasteiger partial charge on any atom is -0.338 e.